The zero-order chi connectivity index (χ0) is 13.9. The Morgan fingerprint density at radius 1 is 1.40 bits per heavy atom. The van der Waals surface area contributed by atoms with E-state index in [0.29, 0.717) is 11.5 Å². The van der Waals surface area contributed by atoms with Crippen molar-refractivity contribution in [1.82, 2.24) is 25.1 Å². The van der Waals surface area contributed by atoms with Crippen molar-refractivity contribution in [2.75, 3.05) is 13.1 Å². The molecule has 1 fully saturated rings. The largest absolute Gasteiger partial charge is 0.338 e. The van der Waals surface area contributed by atoms with Gasteiger partial charge in [0.2, 0.25) is 0 Å². The average Bonchev–Trinajstić information content (AvgIpc) is 3.01. The number of rotatable bonds is 2. The summed E-state index contributed by atoms with van der Waals surface area (Å²) in [4.78, 5) is 14.5. The maximum atomic E-state index is 12.5. The Morgan fingerprint density at radius 3 is 3.05 bits per heavy atom. The van der Waals surface area contributed by atoms with Crippen LogP contribution in [0.3, 0.4) is 0 Å². The molecule has 1 aliphatic heterocycles. The van der Waals surface area contributed by atoms with Crippen LogP contribution in [-0.2, 0) is 0 Å². The Bertz CT molecular complexity index is 595. The van der Waals surface area contributed by atoms with E-state index in [2.05, 4.69) is 22.4 Å². The van der Waals surface area contributed by atoms with Crippen LogP contribution in [0.2, 0.25) is 0 Å². The van der Waals surface area contributed by atoms with E-state index in [1.807, 2.05) is 29.2 Å². The van der Waals surface area contributed by atoms with Gasteiger partial charge < -0.3 is 4.90 Å². The third-order valence-electron chi connectivity index (χ3n) is 3.65. The van der Waals surface area contributed by atoms with Gasteiger partial charge in [0.1, 0.15) is 6.33 Å². The van der Waals surface area contributed by atoms with Gasteiger partial charge in [0.15, 0.2) is 0 Å². The first kappa shape index (κ1) is 12.8. The maximum absolute atomic E-state index is 12.5. The highest BCUT2D eigenvalue weighted by molar-refractivity contribution is 5.94. The number of amides is 1. The van der Waals surface area contributed by atoms with Gasteiger partial charge in [-0.25, -0.2) is 4.68 Å². The first-order chi connectivity index (χ1) is 9.74. The summed E-state index contributed by atoms with van der Waals surface area (Å²) in [6.45, 7) is 3.88. The van der Waals surface area contributed by atoms with Gasteiger partial charge in [0.25, 0.3) is 5.91 Å². The van der Waals surface area contributed by atoms with Crippen LogP contribution >= 0.6 is 0 Å². The average molecular weight is 271 g/mol. The lowest BCUT2D eigenvalue weighted by molar-refractivity contribution is 0.0683. The molecular formula is C14H17N5O. The van der Waals surface area contributed by atoms with Crippen molar-refractivity contribution in [3.05, 3.63) is 36.2 Å². The van der Waals surface area contributed by atoms with Gasteiger partial charge in [-0.3, -0.25) is 4.79 Å². The molecule has 0 spiro atoms. The quantitative estimate of drug-likeness (QED) is 0.831. The lowest BCUT2D eigenvalue weighted by atomic mass is 9.99. The highest BCUT2D eigenvalue weighted by Gasteiger charge is 2.22. The molecule has 0 N–H and O–H groups in total. The molecule has 0 saturated carbocycles. The zero-order valence-electron chi connectivity index (χ0n) is 11.4. The fourth-order valence-corrected chi connectivity index (χ4v) is 2.62. The molecular weight excluding hydrogens is 254 g/mol. The highest BCUT2D eigenvalue weighted by Crippen LogP contribution is 2.18. The first-order valence-electron chi connectivity index (χ1n) is 6.87. The van der Waals surface area contributed by atoms with E-state index >= 15 is 0 Å². The number of nitrogens with zero attached hydrogens (tertiary/aromatic N) is 5. The zero-order valence-corrected chi connectivity index (χ0v) is 11.4. The minimum absolute atomic E-state index is 0.0893. The molecule has 1 aromatic carbocycles. The Kier molecular flexibility index (Phi) is 3.45. The van der Waals surface area contributed by atoms with Crippen molar-refractivity contribution in [3.8, 4) is 5.69 Å². The molecule has 2 heterocycles. The normalized spacial score (nSPS) is 19.1. The van der Waals surface area contributed by atoms with Gasteiger partial charge in [-0.1, -0.05) is 13.0 Å². The van der Waals surface area contributed by atoms with E-state index in [1.54, 1.807) is 4.68 Å². The van der Waals surface area contributed by atoms with Crippen molar-refractivity contribution in [2.24, 2.45) is 5.92 Å². The smallest absolute Gasteiger partial charge is 0.253 e. The third-order valence-corrected chi connectivity index (χ3v) is 3.65. The van der Waals surface area contributed by atoms with Crippen molar-refractivity contribution in [2.45, 2.75) is 19.8 Å². The molecule has 1 saturated heterocycles. The summed E-state index contributed by atoms with van der Waals surface area (Å²) in [7, 11) is 0. The van der Waals surface area contributed by atoms with Crippen molar-refractivity contribution >= 4 is 5.91 Å². The van der Waals surface area contributed by atoms with E-state index in [-0.39, 0.29) is 5.91 Å². The van der Waals surface area contributed by atoms with Gasteiger partial charge in [-0.15, -0.1) is 5.10 Å². The molecule has 1 aliphatic rings. The number of carbonyl (C=O) groups excluding carboxylic acids is 1. The monoisotopic (exact) mass is 271 g/mol. The molecule has 6 nitrogen and oxygen atoms in total. The fourth-order valence-electron chi connectivity index (χ4n) is 2.62. The van der Waals surface area contributed by atoms with Gasteiger partial charge >= 0.3 is 0 Å². The molecule has 0 radical (unpaired) electrons. The molecule has 1 aromatic heterocycles. The lowest BCUT2D eigenvalue weighted by Crippen LogP contribution is -2.39. The summed E-state index contributed by atoms with van der Waals surface area (Å²) in [5.41, 5.74) is 1.48. The number of hydrogen-bond acceptors (Lipinski definition) is 4. The summed E-state index contributed by atoms with van der Waals surface area (Å²) >= 11 is 0. The van der Waals surface area contributed by atoms with Gasteiger partial charge in [0.05, 0.1) is 5.69 Å². The third kappa shape index (κ3) is 2.54. The second-order valence-corrected chi connectivity index (χ2v) is 5.30. The Morgan fingerprint density at radius 2 is 2.30 bits per heavy atom. The van der Waals surface area contributed by atoms with Gasteiger partial charge in [-0.2, -0.15) is 0 Å². The van der Waals surface area contributed by atoms with Gasteiger partial charge in [0, 0.05) is 18.7 Å². The van der Waals surface area contributed by atoms with E-state index in [1.165, 1.54) is 12.7 Å². The molecule has 20 heavy (non-hydrogen) atoms. The van der Waals surface area contributed by atoms with E-state index in [9.17, 15) is 4.79 Å². The predicted molar refractivity (Wildman–Crippen MR) is 73.5 cm³/mol. The molecule has 1 atom stereocenters. The lowest BCUT2D eigenvalue weighted by Gasteiger charge is -2.31. The Hall–Kier alpha value is -2.24. The summed E-state index contributed by atoms with van der Waals surface area (Å²) in [5.74, 6) is 0.668. The van der Waals surface area contributed by atoms with Crippen LogP contribution in [0.4, 0.5) is 0 Å². The number of hydrogen-bond donors (Lipinski definition) is 0. The number of piperidine rings is 1. The van der Waals surface area contributed by atoms with Crippen molar-refractivity contribution in [1.29, 1.82) is 0 Å². The van der Waals surface area contributed by atoms with E-state index < -0.39 is 0 Å². The van der Waals surface area contributed by atoms with E-state index in [0.717, 1.165) is 25.2 Å². The Labute approximate surface area is 117 Å². The highest BCUT2D eigenvalue weighted by atomic mass is 16.2. The topological polar surface area (TPSA) is 63.9 Å². The van der Waals surface area contributed by atoms with Crippen LogP contribution in [0.5, 0.6) is 0 Å². The van der Waals surface area contributed by atoms with Crippen molar-refractivity contribution < 1.29 is 4.79 Å². The predicted octanol–water partition coefficient (Wildman–Crippen LogP) is 1.53. The summed E-state index contributed by atoms with van der Waals surface area (Å²) < 4.78 is 1.55. The standard InChI is InChI=1S/C14H17N5O/c1-11-4-3-7-18(9-11)14(20)12-5-2-6-13(8-12)19-10-15-16-17-19/h2,5-6,8,10-11H,3-4,7,9H2,1H3/t11-/m1/s1. The summed E-state index contributed by atoms with van der Waals surface area (Å²) in [6, 6.07) is 7.41. The van der Waals surface area contributed by atoms with Crippen LogP contribution in [0.1, 0.15) is 30.1 Å². The summed E-state index contributed by atoms with van der Waals surface area (Å²) in [6.07, 6.45) is 3.81. The molecule has 0 bridgehead atoms. The molecule has 2 aromatic rings. The number of likely N-dealkylation sites (tertiary alicyclic amines) is 1. The number of carbonyl (C=O) groups is 1. The second-order valence-electron chi connectivity index (χ2n) is 5.30. The van der Waals surface area contributed by atoms with Crippen LogP contribution in [0.25, 0.3) is 5.69 Å². The van der Waals surface area contributed by atoms with Crippen LogP contribution < -0.4 is 0 Å². The van der Waals surface area contributed by atoms with Crippen LogP contribution in [0.15, 0.2) is 30.6 Å². The van der Waals surface area contributed by atoms with Crippen LogP contribution in [-0.4, -0.2) is 44.1 Å². The number of benzene rings is 1. The Balaban J connectivity index is 1.83. The SMILES string of the molecule is C[C@@H]1CCCN(C(=O)c2cccc(-n3cnnn3)c2)C1. The molecule has 6 heteroatoms. The second kappa shape index (κ2) is 5.40. The van der Waals surface area contributed by atoms with Gasteiger partial charge in [-0.05, 0) is 47.4 Å². The molecule has 0 unspecified atom stereocenters. The molecule has 3 rings (SSSR count). The number of aromatic nitrogens is 4. The minimum Gasteiger partial charge on any atom is -0.338 e. The van der Waals surface area contributed by atoms with Crippen LogP contribution in [0, 0.1) is 5.92 Å². The minimum atomic E-state index is 0.0893. The fraction of sp³-hybridized carbons (Fsp3) is 0.429. The molecule has 104 valence electrons. The molecule has 1 amide bonds. The number of tetrazole rings is 1. The molecule has 0 aliphatic carbocycles. The summed E-state index contributed by atoms with van der Waals surface area (Å²) in [5, 5.41) is 11.1. The van der Waals surface area contributed by atoms with E-state index in [4.69, 9.17) is 0 Å². The maximum Gasteiger partial charge on any atom is 0.253 e. The van der Waals surface area contributed by atoms with Crippen molar-refractivity contribution in [3.63, 3.8) is 0 Å². The first-order valence-corrected chi connectivity index (χ1v) is 6.87.